The highest BCUT2D eigenvalue weighted by molar-refractivity contribution is 7.89. The van der Waals surface area contributed by atoms with E-state index in [1.54, 1.807) is 6.07 Å². The van der Waals surface area contributed by atoms with Crippen molar-refractivity contribution in [1.82, 2.24) is 4.72 Å². The fourth-order valence-corrected chi connectivity index (χ4v) is 3.73. The van der Waals surface area contributed by atoms with Gasteiger partial charge in [0.2, 0.25) is 10.0 Å². The van der Waals surface area contributed by atoms with Crippen molar-refractivity contribution in [3.63, 3.8) is 0 Å². The summed E-state index contributed by atoms with van der Waals surface area (Å²) in [5.74, 6) is 0.455. The molecule has 0 aliphatic carbocycles. The number of nitrogens with two attached hydrogens (primary N) is 1. The van der Waals surface area contributed by atoms with Gasteiger partial charge in [-0.15, -0.1) is 0 Å². The second-order valence-corrected chi connectivity index (χ2v) is 6.91. The van der Waals surface area contributed by atoms with Crippen LogP contribution in [0.2, 0.25) is 0 Å². The fourth-order valence-electron chi connectivity index (χ4n) is 2.28. The molecule has 1 atom stereocenters. The Morgan fingerprint density at radius 3 is 2.75 bits per heavy atom. The van der Waals surface area contributed by atoms with Crippen LogP contribution in [0.15, 0.2) is 23.1 Å². The van der Waals surface area contributed by atoms with E-state index in [2.05, 4.69) is 4.72 Å². The van der Waals surface area contributed by atoms with Gasteiger partial charge in [-0.3, -0.25) is 0 Å². The maximum atomic E-state index is 12.4. The van der Waals surface area contributed by atoms with Crippen LogP contribution in [0.1, 0.15) is 19.8 Å². The van der Waals surface area contributed by atoms with E-state index in [1.165, 1.54) is 19.2 Å². The van der Waals surface area contributed by atoms with E-state index in [0.29, 0.717) is 24.7 Å². The van der Waals surface area contributed by atoms with Crippen molar-refractivity contribution in [3.05, 3.63) is 18.2 Å². The van der Waals surface area contributed by atoms with Gasteiger partial charge in [0.1, 0.15) is 5.75 Å². The van der Waals surface area contributed by atoms with E-state index in [4.69, 9.17) is 15.2 Å². The summed E-state index contributed by atoms with van der Waals surface area (Å²) in [6.07, 6.45) is 1.58. The van der Waals surface area contributed by atoms with Gasteiger partial charge in [-0.2, -0.15) is 0 Å². The second-order valence-electron chi connectivity index (χ2n) is 5.23. The lowest BCUT2D eigenvalue weighted by atomic mass is 9.97. The molecule has 112 valence electrons. The maximum absolute atomic E-state index is 12.4. The third-order valence-corrected chi connectivity index (χ3v) is 4.97. The first-order chi connectivity index (χ1) is 9.36. The number of sulfonamides is 1. The van der Waals surface area contributed by atoms with Crippen molar-refractivity contribution in [3.8, 4) is 5.75 Å². The molecule has 2 rings (SSSR count). The summed E-state index contributed by atoms with van der Waals surface area (Å²) >= 11 is 0. The molecule has 1 aliphatic rings. The van der Waals surface area contributed by atoms with Crippen LogP contribution in [0.3, 0.4) is 0 Å². The molecule has 7 heteroatoms. The van der Waals surface area contributed by atoms with Crippen molar-refractivity contribution < 1.29 is 17.9 Å². The summed E-state index contributed by atoms with van der Waals surface area (Å²) in [5, 5.41) is 0. The Balaban J connectivity index is 2.24. The molecule has 1 aromatic rings. The summed E-state index contributed by atoms with van der Waals surface area (Å²) in [6.45, 7) is 2.89. The molecular formula is C13H20N2O4S. The number of rotatable bonds is 4. The minimum absolute atomic E-state index is 0.127. The van der Waals surface area contributed by atoms with E-state index in [9.17, 15) is 8.42 Å². The topological polar surface area (TPSA) is 90.7 Å². The molecule has 6 nitrogen and oxygen atoms in total. The predicted molar refractivity (Wildman–Crippen MR) is 76.2 cm³/mol. The van der Waals surface area contributed by atoms with Crippen LogP contribution in [-0.4, -0.2) is 34.3 Å². The first-order valence-corrected chi connectivity index (χ1v) is 7.90. The number of anilines is 1. The molecule has 0 saturated carbocycles. The lowest BCUT2D eigenvalue weighted by molar-refractivity contribution is 0.0386. The molecule has 0 bridgehead atoms. The van der Waals surface area contributed by atoms with E-state index in [-0.39, 0.29) is 4.90 Å². The molecule has 3 N–H and O–H groups in total. The lowest BCUT2D eigenvalue weighted by Crippen LogP contribution is -2.51. The summed E-state index contributed by atoms with van der Waals surface area (Å²) in [6, 6.07) is 4.42. The Labute approximate surface area is 119 Å². The monoisotopic (exact) mass is 300 g/mol. The number of hydrogen-bond acceptors (Lipinski definition) is 5. The van der Waals surface area contributed by atoms with Crippen LogP contribution in [-0.2, 0) is 14.8 Å². The normalized spacial score (nSPS) is 23.5. The van der Waals surface area contributed by atoms with Crippen molar-refractivity contribution >= 4 is 15.7 Å². The molecule has 0 amide bonds. The predicted octanol–water partition coefficient (Wildman–Crippen LogP) is 1.12. The van der Waals surface area contributed by atoms with Gasteiger partial charge in [0, 0.05) is 6.61 Å². The SMILES string of the molecule is COc1ccc(S(=O)(=O)NC2(C)CCCOC2)cc1N. The number of ether oxygens (including phenoxy) is 2. The van der Waals surface area contributed by atoms with E-state index in [1.807, 2.05) is 6.92 Å². The lowest BCUT2D eigenvalue weighted by Gasteiger charge is -2.33. The van der Waals surface area contributed by atoms with E-state index >= 15 is 0 Å². The quantitative estimate of drug-likeness (QED) is 0.813. The summed E-state index contributed by atoms with van der Waals surface area (Å²) in [7, 11) is -2.15. The van der Waals surface area contributed by atoms with Gasteiger partial charge in [0.15, 0.2) is 0 Å². The third-order valence-electron chi connectivity index (χ3n) is 3.33. The smallest absolute Gasteiger partial charge is 0.241 e. The Morgan fingerprint density at radius 1 is 1.45 bits per heavy atom. The molecule has 1 fully saturated rings. The minimum Gasteiger partial charge on any atom is -0.495 e. The van der Waals surface area contributed by atoms with Gasteiger partial charge in [-0.25, -0.2) is 13.1 Å². The molecule has 1 heterocycles. The van der Waals surface area contributed by atoms with Crippen molar-refractivity contribution in [2.75, 3.05) is 26.1 Å². The van der Waals surface area contributed by atoms with Gasteiger partial charge >= 0.3 is 0 Å². The Hall–Kier alpha value is -1.31. The van der Waals surface area contributed by atoms with Gasteiger partial charge in [0.25, 0.3) is 0 Å². The van der Waals surface area contributed by atoms with Gasteiger partial charge in [-0.1, -0.05) is 0 Å². The van der Waals surface area contributed by atoms with Gasteiger partial charge in [0.05, 0.1) is 29.8 Å². The largest absolute Gasteiger partial charge is 0.495 e. The molecule has 0 aromatic heterocycles. The zero-order chi connectivity index (χ0) is 14.8. The molecular weight excluding hydrogens is 280 g/mol. The maximum Gasteiger partial charge on any atom is 0.241 e. The van der Waals surface area contributed by atoms with Crippen LogP contribution in [0.5, 0.6) is 5.75 Å². The first kappa shape index (κ1) is 15.1. The Kier molecular flexibility index (Phi) is 4.22. The number of hydrogen-bond donors (Lipinski definition) is 2. The highest BCUT2D eigenvalue weighted by Crippen LogP contribution is 2.26. The zero-order valence-corrected chi connectivity index (χ0v) is 12.5. The summed E-state index contributed by atoms with van der Waals surface area (Å²) < 4.78 is 37.9. The second kappa shape index (κ2) is 5.59. The highest BCUT2D eigenvalue weighted by Gasteiger charge is 2.33. The number of nitrogen functional groups attached to an aromatic ring is 1. The molecule has 20 heavy (non-hydrogen) atoms. The molecule has 1 unspecified atom stereocenters. The van der Waals surface area contributed by atoms with E-state index in [0.717, 1.165) is 12.8 Å². The van der Waals surface area contributed by atoms with E-state index < -0.39 is 15.6 Å². The molecule has 1 aliphatic heterocycles. The summed E-state index contributed by atoms with van der Waals surface area (Å²) in [4.78, 5) is 0.127. The number of nitrogens with one attached hydrogen (secondary N) is 1. The highest BCUT2D eigenvalue weighted by atomic mass is 32.2. The van der Waals surface area contributed by atoms with Crippen molar-refractivity contribution in [2.45, 2.75) is 30.2 Å². The third kappa shape index (κ3) is 3.23. The molecule has 1 aromatic carbocycles. The number of benzene rings is 1. The average Bonchev–Trinajstić information content (AvgIpc) is 2.38. The van der Waals surface area contributed by atoms with Gasteiger partial charge in [-0.05, 0) is 38.0 Å². The van der Waals surface area contributed by atoms with Gasteiger partial charge < -0.3 is 15.2 Å². The summed E-state index contributed by atoms with van der Waals surface area (Å²) in [5.41, 5.74) is 5.47. The van der Waals surface area contributed by atoms with Crippen LogP contribution in [0, 0.1) is 0 Å². The molecule has 0 radical (unpaired) electrons. The fraction of sp³-hybridized carbons (Fsp3) is 0.538. The van der Waals surface area contributed by atoms with Crippen LogP contribution < -0.4 is 15.2 Å². The first-order valence-electron chi connectivity index (χ1n) is 6.42. The van der Waals surface area contributed by atoms with Crippen LogP contribution in [0.25, 0.3) is 0 Å². The number of methoxy groups -OCH3 is 1. The standard InChI is InChI=1S/C13H20N2O4S/c1-13(6-3-7-19-9-13)15-20(16,17)10-4-5-12(18-2)11(14)8-10/h4-5,8,15H,3,6-7,9,14H2,1-2H3. The van der Waals surface area contributed by atoms with Crippen molar-refractivity contribution in [2.24, 2.45) is 0 Å². The minimum atomic E-state index is -3.63. The zero-order valence-electron chi connectivity index (χ0n) is 11.7. The average molecular weight is 300 g/mol. The molecule has 0 spiro atoms. The molecule has 1 saturated heterocycles. The Morgan fingerprint density at radius 2 is 2.20 bits per heavy atom. The van der Waals surface area contributed by atoms with Crippen LogP contribution >= 0.6 is 0 Å². The van der Waals surface area contributed by atoms with Crippen molar-refractivity contribution in [1.29, 1.82) is 0 Å². The Bertz CT molecular complexity index is 580. The van der Waals surface area contributed by atoms with Crippen LogP contribution in [0.4, 0.5) is 5.69 Å².